The molecule has 0 saturated carbocycles. The van der Waals surface area contributed by atoms with Crippen LogP contribution in [0.4, 0.5) is 0 Å². The molecular weight excluding hydrogens is 298 g/mol. The number of ether oxygens (including phenoxy) is 1. The van der Waals surface area contributed by atoms with Crippen LogP contribution < -0.4 is 4.74 Å². The number of carbonyl (C=O) groups is 1. The van der Waals surface area contributed by atoms with E-state index in [1.165, 1.54) is 19.3 Å². The summed E-state index contributed by atoms with van der Waals surface area (Å²) >= 11 is 0. The third kappa shape index (κ3) is 2.82. The van der Waals surface area contributed by atoms with Gasteiger partial charge in [0.1, 0.15) is 5.75 Å². The highest BCUT2D eigenvalue weighted by Crippen LogP contribution is 2.38. The van der Waals surface area contributed by atoms with Gasteiger partial charge in [0.2, 0.25) is 0 Å². The van der Waals surface area contributed by atoms with Gasteiger partial charge in [-0.15, -0.1) is 0 Å². The van der Waals surface area contributed by atoms with Crippen LogP contribution in [0.2, 0.25) is 0 Å². The minimum absolute atomic E-state index is 0.0799. The third-order valence-electron chi connectivity index (χ3n) is 4.74. The summed E-state index contributed by atoms with van der Waals surface area (Å²) in [7, 11) is 0. The van der Waals surface area contributed by atoms with Gasteiger partial charge in [-0.05, 0) is 37.0 Å². The molecule has 0 bridgehead atoms. The summed E-state index contributed by atoms with van der Waals surface area (Å²) in [4.78, 5) is 15.4. The Kier molecular flexibility index (Phi) is 4.08. The minimum atomic E-state index is -0.337. The highest BCUT2D eigenvalue weighted by atomic mass is 16.5. The first kappa shape index (κ1) is 15.0. The fraction of sp³-hybridized carbons (Fsp3) is 0.286. The maximum Gasteiger partial charge on any atom is 0.198 e. The number of benzene rings is 2. The van der Waals surface area contributed by atoms with Crippen LogP contribution in [0.3, 0.4) is 0 Å². The number of hydrogen-bond acceptors (Lipinski definition) is 3. The van der Waals surface area contributed by atoms with Crippen molar-refractivity contribution in [2.24, 2.45) is 0 Å². The van der Waals surface area contributed by atoms with Gasteiger partial charge in [-0.3, -0.25) is 4.79 Å². The molecule has 0 aliphatic carbocycles. The van der Waals surface area contributed by atoms with Gasteiger partial charge in [0.15, 0.2) is 11.9 Å². The van der Waals surface area contributed by atoms with Crippen molar-refractivity contribution in [2.45, 2.75) is 25.4 Å². The van der Waals surface area contributed by atoms with Crippen molar-refractivity contribution < 1.29 is 9.53 Å². The van der Waals surface area contributed by atoms with E-state index in [9.17, 15) is 4.79 Å². The van der Waals surface area contributed by atoms with Crippen molar-refractivity contribution >= 4 is 5.78 Å². The quantitative estimate of drug-likeness (QED) is 0.770. The van der Waals surface area contributed by atoms with Crippen LogP contribution >= 0.6 is 0 Å². The fourth-order valence-corrected chi connectivity index (χ4v) is 3.47. The maximum atomic E-state index is 13.1. The molecule has 2 aliphatic rings. The second kappa shape index (κ2) is 6.52. The molecule has 24 heavy (non-hydrogen) atoms. The van der Waals surface area contributed by atoms with E-state index >= 15 is 0 Å². The number of hydrogen-bond donors (Lipinski definition) is 0. The molecule has 0 spiro atoms. The van der Waals surface area contributed by atoms with Crippen molar-refractivity contribution in [1.29, 1.82) is 0 Å². The van der Waals surface area contributed by atoms with Crippen molar-refractivity contribution in [3.63, 3.8) is 0 Å². The molecular formula is C21H21NO2. The molecule has 1 atom stereocenters. The van der Waals surface area contributed by atoms with Gasteiger partial charge < -0.3 is 9.64 Å². The number of fused-ring (bicyclic) bond motifs is 1. The number of likely N-dealkylation sites (tertiary alicyclic amines) is 1. The van der Waals surface area contributed by atoms with Gasteiger partial charge in [-0.25, -0.2) is 0 Å². The van der Waals surface area contributed by atoms with Gasteiger partial charge in [0.25, 0.3) is 0 Å². The number of nitrogens with zero attached hydrogens (tertiary/aromatic N) is 1. The van der Waals surface area contributed by atoms with E-state index in [1.807, 2.05) is 60.8 Å². The normalized spacial score (nSPS) is 22.2. The first-order valence-corrected chi connectivity index (χ1v) is 8.64. The fourth-order valence-electron chi connectivity index (χ4n) is 3.47. The van der Waals surface area contributed by atoms with Gasteiger partial charge in [-0.1, -0.05) is 42.5 Å². The summed E-state index contributed by atoms with van der Waals surface area (Å²) in [6, 6.07) is 17.5. The van der Waals surface area contributed by atoms with Gasteiger partial charge in [0.05, 0.1) is 11.1 Å². The van der Waals surface area contributed by atoms with E-state index in [0.717, 1.165) is 24.2 Å². The van der Waals surface area contributed by atoms with Crippen molar-refractivity contribution in [2.75, 3.05) is 13.1 Å². The molecule has 1 saturated heterocycles. The largest absolute Gasteiger partial charge is 0.480 e. The number of ketones is 1. The average molecular weight is 319 g/mol. The number of para-hydroxylation sites is 1. The lowest BCUT2D eigenvalue weighted by molar-refractivity contribution is 0.0955. The smallest absolute Gasteiger partial charge is 0.198 e. The molecule has 2 heterocycles. The van der Waals surface area contributed by atoms with Crippen LogP contribution in [0.15, 0.2) is 66.4 Å². The maximum absolute atomic E-state index is 13.1. The SMILES string of the molecule is O=C1/C(=C/N2CCCCC2)C(c2ccccc2)Oc2ccccc21. The molecule has 1 fully saturated rings. The summed E-state index contributed by atoms with van der Waals surface area (Å²) in [5.74, 6) is 0.753. The summed E-state index contributed by atoms with van der Waals surface area (Å²) < 4.78 is 6.23. The van der Waals surface area contributed by atoms with Crippen LogP contribution in [-0.2, 0) is 0 Å². The lowest BCUT2D eigenvalue weighted by Gasteiger charge is -2.31. The first-order chi connectivity index (χ1) is 11.8. The van der Waals surface area contributed by atoms with Crippen molar-refractivity contribution in [3.05, 3.63) is 77.5 Å². The van der Waals surface area contributed by atoms with E-state index in [0.29, 0.717) is 11.3 Å². The summed E-state index contributed by atoms with van der Waals surface area (Å²) in [5.41, 5.74) is 2.42. The molecule has 2 aromatic carbocycles. The van der Waals surface area contributed by atoms with Crippen LogP contribution in [0.1, 0.15) is 41.3 Å². The molecule has 4 rings (SSSR count). The predicted octanol–water partition coefficient (Wildman–Crippen LogP) is 4.37. The zero-order valence-corrected chi connectivity index (χ0v) is 13.7. The topological polar surface area (TPSA) is 29.5 Å². The summed E-state index contributed by atoms with van der Waals surface area (Å²) in [6.07, 6.45) is 5.34. The average Bonchev–Trinajstić information content (AvgIpc) is 2.65. The summed E-state index contributed by atoms with van der Waals surface area (Å²) in [6.45, 7) is 2.03. The molecule has 0 N–H and O–H groups in total. The zero-order valence-electron chi connectivity index (χ0n) is 13.7. The lowest BCUT2D eigenvalue weighted by Crippen LogP contribution is -2.29. The van der Waals surface area contributed by atoms with Gasteiger partial charge in [0, 0.05) is 19.3 Å². The van der Waals surface area contributed by atoms with Crippen LogP contribution in [0.25, 0.3) is 0 Å². The molecule has 3 heteroatoms. The number of carbonyl (C=O) groups excluding carboxylic acids is 1. The van der Waals surface area contributed by atoms with Crippen LogP contribution in [0.5, 0.6) is 5.75 Å². The Balaban J connectivity index is 1.77. The molecule has 2 aromatic rings. The number of Topliss-reactive ketones (excluding diaryl/α,β-unsaturated/α-hetero) is 1. The van der Waals surface area contributed by atoms with E-state index < -0.39 is 0 Å². The predicted molar refractivity (Wildman–Crippen MR) is 94.1 cm³/mol. The Hall–Kier alpha value is -2.55. The minimum Gasteiger partial charge on any atom is -0.480 e. The Bertz CT molecular complexity index is 760. The molecule has 0 radical (unpaired) electrons. The second-order valence-corrected chi connectivity index (χ2v) is 6.41. The standard InChI is InChI=1S/C21H21NO2/c23-20-17-11-5-6-12-19(17)24-21(16-9-3-1-4-10-16)18(20)15-22-13-7-2-8-14-22/h1,3-6,9-12,15,21H,2,7-8,13-14H2/b18-15-. The zero-order chi connectivity index (χ0) is 16.4. The second-order valence-electron chi connectivity index (χ2n) is 6.41. The van der Waals surface area contributed by atoms with Crippen LogP contribution in [-0.4, -0.2) is 23.8 Å². The number of piperidine rings is 1. The molecule has 3 nitrogen and oxygen atoms in total. The highest BCUT2D eigenvalue weighted by molar-refractivity contribution is 6.12. The molecule has 0 aromatic heterocycles. The van der Waals surface area contributed by atoms with Crippen molar-refractivity contribution in [3.8, 4) is 5.75 Å². The Labute approximate surface area is 142 Å². The van der Waals surface area contributed by atoms with E-state index in [2.05, 4.69) is 4.90 Å². The Morgan fingerprint density at radius 1 is 0.917 bits per heavy atom. The van der Waals surface area contributed by atoms with Gasteiger partial charge in [-0.2, -0.15) is 0 Å². The van der Waals surface area contributed by atoms with Crippen LogP contribution in [0, 0.1) is 0 Å². The lowest BCUT2D eigenvalue weighted by atomic mass is 9.91. The number of rotatable bonds is 2. The molecule has 0 amide bonds. The Morgan fingerprint density at radius 2 is 1.62 bits per heavy atom. The van der Waals surface area contributed by atoms with Crippen molar-refractivity contribution in [1.82, 2.24) is 4.90 Å². The molecule has 122 valence electrons. The third-order valence-corrected chi connectivity index (χ3v) is 4.74. The molecule has 1 unspecified atom stereocenters. The molecule has 2 aliphatic heterocycles. The van der Waals surface area contributed by atoms with E-state index in [-0.39, 0.29) is 11.9 Å². The van der Waals surface area contributed by atoms with E-state index in [4.69, 9.17) is 4.74 Å². The van der Waals surface area contributed by atoms with E-state index in [1.54, 1.807) is 0 Å². The first-order valence-electron chi connectivity index (χ1n) is 8.64. The summed E-state index contributed by atoms with van der Waals surface area (Å²) in [5, 5.41) is 0. The highest BCUT2D eigenvalue weighted by Gasteiger charge is 2.33. The Morgan fingerprint density at radius 3 is 2.42 bits per heavy atom. The van der Waals surface area contributed by atoms with Gasteiger partial charge >= 0.3 is 0 Å². The monoisotopic (exact) mass is 319 g/mol.